The topological polar surface area (TPSA) is 103 Å². The minimum absolute atomic E-state index is 0.165. The van der Waals surface area contributed by atoms with Gasteiger partial charge in [-0.3, -0.25) is 9.59 Å². The molecule has 1 fully saturated rings. The first-order valence-electron chi connectivity index (χ1n) is 16.1. The molecule has 0 unspecified atom stereocenters. The summed E-state index contributed by atoms with van der Waals surface area (Å²) in [6.07, 6.45) is 1.13. The molecule has 3 aromatic carbocycles. The van der Waals surface area contributed by atoms with Gasteiger partial charge in [-0.2, -0.15) is 4.31 Å². The van der Waals surface area contributed by atoms with Crippen molar-refractivity contribution in [1.82, 2.24) is 9.29 Å². The van der Waals surface area contributed by atoms with Gasteiger partial charge in [-0.1, -0.05) is 54.6 Å². The molecular formula is C37H34FN5O4S2. The van der Waals surface area contributed by atoms with Crippen LogP contribution < -0.4 is 15.1 Å². The number of rotatable bonds is 6. The highest BCUT2D eigenvalue weighted by Gasteiger charge is 2.30. The van der Waals surface area contributed by atoms with Crippen LogP contribution in [0.25, 0.3) is 10.4 Å². The van der Waals surface area contributed by atoms with Gasteiger partial charge < -0.3 is 15.1 Å². The first kappa shape index (κ1) is 32.6. The van der Waals surface area contributed by atoms with E-state index in [0.717, 1.165) is 16.0 Å². The van der Waals surface area contributed by atoms with Crippen LogP contribution in [0.1, 0.15) is 37.7 Å². The van der Waals surface area contributed by atoms with Gasteiger partial charge in [0.05, 0.1) is 21.1 Å². The smallest absolute Gasteiger partial charge is 0.276 e. The normalized spacial score (nSPS) is 15.1. The molecule has 5 aromatic rings. The van der Waals surface area contributed by atoms with E-state index < -0.39 is 15.8 Å². The van der Waals surface area contributed by atoms with Crippen LogP contribution in [0, 0.1) is 12.7 Å². The number of nitrogens with one attached hydrogen (secondary N) is 1. The van der Waals surface area contributed by atoms with E-state index in [1.807, 2.05) is 47.4 Å². The van der Waals surface area contributed by atoms with Crippen molar-refractivity contribution in [3.63, 3.8) is 0 Å². The quantitative estimate of drug-likeness (QED) is 0.215. The molecule has 2 aliphatic heterocycles. The maximum Gasteiger partial charge on any atom is 0.276 e. The third-order valence-corrected chi connectivity index (χ3v) is 12.0. The summed E-state index contributed by atoms with van der Waals surface area (Å²) < 4.78 is 42.5. The average molecular weight is 696 g/mol. The van der Waals surface area contributed by atoms with Crippen LogP contribution in [-0.4, -0.2) is 62.2 Å². The number of para-hydroxylation sites is 2. The number of aromatic nitrogens is 1. The molecule has 2 aliphatic rings. The zero-order chi connectivity index (χ0) is 34.1. The summed E-state index contributed by atoms with van der Waals surface area (Å²) in [5.74, 6) is -0.502. The summed E-state index contributed by atoms with van der Waals surface area (Å²) in [5.41, 5.74) is 3.57. The van der Waals surface area contributed by atoms with Gasteiger partial charge in [0.25, 0.3) is 11.8 Å². The summed E-state index contributed by atoms with van der Waals surface area (Å²) in [6.45, 7) is 3.86. The second-order valence-corrected chi connectivity index (χ2v) is 15.0. The molecule has 1 N–H and O–H groups in total. The van der Waals surface area contributed by atoms with E-state index in [0.29, 0.717) is 67.5 Å². The number of pyridine rings is 1. The number of hydrogen-bond acceptors (Lipinski definition) is 7. The van der Waals surface area contributed by atoms with Crippen LogP contribution in [0.15, 0.2) is 102 Å². The predicted molar refractivity (Wildman–Crippen MR) is 190 cm³/mol. The van der Waals surface area contributed by atoms with Gasteiger partial charge in [0.15, 0.2) is 0 Å². The van der Waals surface area contributed by atoms with E-state index in [2.05, 4.69) is 5.32 Å². The van der Waals surface area contributed by atoms with Crippen LogP contribution in [0.5, 0.6) is 0 Å². The molecule has 0 saturated carbocycles. The number of benzene rings is 3. The van der Waals surface area contributed by atoms with Crippen molar-refractivity contribution in [2.24, 2.45) is 0 Å². The number of amides is 2. The van der Waals surface area contributed by atoms with Gasteiger partial charge in [-0.15, -0.1) is 11.3 Å². The Labute approximate surface area is 288 Å². The number of nitrogens with zero attached hydrogens (tertiary/aromatic N) is 4. The molecule has 0 bridgehead atoms. The van der Waals surface area contributed by atoms with Crippen molar-refractivity contribution < 1.29 is 22.4 Å². The molecule has 250 valence electrons. The lowest BCUT2D eigenvalue weighted by atomic mass is 10.1. The minimum Gasteiger partial charge on any atom is -0.355 e. The van der Waals surface area contributed by atoms with Gasteiger partial charge >= 0.3 is 0 Å². The highest BCUT2D eigenvalue weighted by molar-refractivity contribution is 7.89. The predicted octanol–water partition coefficient (Wildman–Crippen LogP) is 6.61. The van der Waals surface area contributed by atoms with Crippen LogP contribution in [-0.2, 0) is 16.4 Å². The van der Waals surface area contributed by atoms with E-state index in [1.54, 1.807) is 60.4 Å². The number of hydrogen-bond donors (Lipinski definition) is 1. The van der Waals surface area contributed by atoms with E-state index in [4.69, 9.17) is 4.98 Å². The summed E-state index contributed by atoms with van der Waals surface area (Å²) in [4.78, 5) is 37.5. The lowest BCUT2D eigenvalue weighted by molar-refractivity contribution is 0.0981. The Hall–Kier alpha value is -4.91. The molecule has 2 aromatic heterocycles. The fourth-order valence-corrected chi connectivity index (χ4v) is 8.98. The van der Waals surface area contributed by atoms with Crippen molar-refractivity contribution in [1.29, 1.82) is 0 Å². The lowest BCUT2D eigenvalue weighted by Crippen LogP contribution is -2.36. The van der Waals surface area contributed by atoms with Crippen LogP contribution in [0.4, 0.5) is 21.6 Å². The zero-order valence-corrected chi connectivity index (χ0v) is 28.4. The SMILES string of the molecule is Cc1cccc(F)c1NC(=O)c1cc2c(s1)-c1ccccc1N(C(=O)c1cccc(N3CCCN(S(=O)(=O)c4ccccc4)CC3)n1)CC2. The lowest BCUT2D eigenvalue weighted by Gasteiger charge is -2.25. The Morgan fingerprint density at radius 3 is 2.45 bits per heavy atom. The summed E-state index contributed by atoms with van der Waals surface area (Å²) >= 11 is 1.32. The number of carbonyl (C=O) groups excluding carboxylic acids is 2. The first-order chi connectivity index (χ1) is 23.7. The molecule has 12 heteroatoms. The summed E-state index contributed by atoms with van der Waals surface area (Å²) in [7, 11) is -3.61. The van der Waals surface area contributed by atoms with Crippen molar-refractivity contribution in [3.8, 4) is 10.4 Å². The molecule has 7 rings (SSSR count). The van der Waals surface area contributed by atoms with Crippen molar-refractivity contribution >= 4 is 50.4 Å². The second-order valence-electron chi connectivity index (χ2n) is 12.0. The average Bonchev–Trinajstić information content (AvgIpc) is 3.28. The van der Waals surface area contributed by atoms with Gasteiger partial charge in [0, 0.05) is 43.2 Å². The van der Waals surface area contributed by atoms with Gasteiger partial charge in [0.2, 0.25) is 10.0 Å². The van der Waals surface area contributed by atoms with Crippen LogP contribution in [0.2, 0.25) is 0 Å². The molecule has 4 heterocycles. The monoisotopic (exact) mass is 695 g/mol. The fourth-order valence-electron chi connectivity index (χ4n) is 6.35. The Balaban J connectivity index is 1.10. The summed E-state index contributed by atoms with van der Waals surface area (Å²) in [5, 5.41) is 2.73. The minimum atomic E-state index is -3.61. The molecular weight excluding hydrogens is 662 g/mol. The van der Waals surface area contributed by atoms with Gasteiger partial charge in [-0.05, 0) is 73.4 Å². The molecule has 0 spiro atoms. The van der Waals surface area contributed by atoms with E-state index in [1.165, 1.54) is 21.7 Å². The largest absolute Gasteiger partial charge is 0.355 e. The van der Waals surface area contributed by atoms with Crippen molar-refractivity contribution in [3.05, 3.63) is 125 Å². The number of sulfonamides is 1. The standard InChI is InChI=1S/C37H34FN5O4S2/c1-25-10-7-14-29(38)34(25)40-36(44)32-24-26-18-21-43(31-16-6-5-13-28(31)35(26)48-32)37(45)30-15-8-17-33(39-30)41-19-9-20-42(23-22-41)49(46,47)27-11-3-2-4-12-27/h2-8,10-17,24H,9,18-23H2,1H3,(H,40,44). The van der Waals surface area contributed by atoms with E-state index in [-0.39, 0.29) is 28.1 Å². The molecule has 0 radical (unpaired) electrons. The third-order valence-electron chi connectivity index (χ3n) is 8.90. The molecule has 0 atom stereocenters. The highest BCUT2D eigenvalue weighted by atomic mass is 32.2. The number of aryl methyl sites for hydroxylation is 1. The molecule has 0 aliphatic carbocycles. The zero-order valence-electron chi connectivity index (χ0n) is 26.8. The molecule has 9 nitrogen and oxygen atoms in total. The van der Waals surface area contributed by atoms with E-state index in [9.17, 15) is 22.4 Å². The maximum absolute atomic E-state index is 14.4. The number of halogens is 1. The first-order valence-corrected chi connectivity index (χ1v) is 18.3. The number of carbonyl (C=O) groups is 2. The Bertz CT molecular complexity index is 2130. The Morgan fingerprint density at radius 2 is 1.63 bits per heavy atom. The molecule has 1 saturated heterocycles. The summed E-state index contributed by atoms with van der Waals surface area (Å²) in [6, 6.07) is 27.9. The van der Waals surface area contributed by atoms with Crippen LogP contribution in [0.3, 0.4) is 0 Å². The number of fused-ring (bicyclic) bond motifs is 3. The Kier molecular flexibility index (Phi) is 9.01. The number of anilines is 3. The van der Waals surface area contributed by atoms with Crippen LogP contribution >= 0.6 is 11.3 Å². The number of thiophene rings is 1. The van der Waals surface area contributed by atoms with E-state index >= 15 is 0 Å². The third kappa shape index (κ3) is 6.46. The van der Waals surface area contributed by atoms with Gasteiger partial charge in [0.1, 0.15) is 17.3 Å². The molecule has 49 heavy (non-hydrogen) atoms. The van der Waals surface area contributed by atoms with Crippen molar-refractivity contribution in [2.45, 2.75) is 24.7 Å². The van der Waals surface area contributed by atoms with Crippen molar-refractivity contribution in [2.75, 3.05) is 47.8 Å². The fraction of sp³-hybridized carbons (Fsp3) is 0.216. The van der Waals surface area contributed by atoms with Gasteiger partial charge in [-0.25, -0.2) is 17.8 Å². The molecule has 2 amide bonds. The second kappa shape index (κ2) is 13.5. The highest BCUT2D eigenvalue weighted by Crippen LogP contribution is 2.42. The maximum atomic E-state index is 14.4. The Morgan fingerprint density at radius 1 is 0.857 bits per heavy atom.